The zero-order valence-electron chi connectivity index (χ0n) is 30.3. The first kappa shape index (κ1) is 36.7. The number of anilines is 3. The number of thiazole rings is 2. The average Bonchev–Trinajstić information content (AvgIpc) is 3.72. The SMILES string of the molecule is CCOC(=O)c1nc(N(C)c2cc(C)c(/N=c3\sc4ccccc4n3COCC[Si](C)(C)C)nn2)sc1N1CCC(COc2ccccc2)CC1. The molecule has 1 aliphatic heterocycles. The normalized spacial score (nSPS) is 14.3. The maximum absolute atomic E-state index is 13.1. The molecule has 0 aliphatic carbocycles. The lowest BCUT2D eigenvalue weighted by molar-refractivity contribution is 0.0521. The molecule has 4 heterocycles. The van der Waals surface area contributed by atoms with Crippen molar-refractivity contribution in [3.8, 4) is 5.75 Å². The van der Waals surface area contributed by atoms with Crippen molar-refractivity contribution in [1.29, 1.82) is 0 Å². The fraction of sp³-hybridized carbons (Fsp3) is 0.432. The number of benzene rings is 2. The molecule has 0 unspecified atom stereocenters. The van der Waals surface area contributed by atoms with Crippen LogP contribution in [-0.2, 0) is 16.2 Å². The molecule has 0 spiro atoms. The Balaban J connectivity index is 1.19. The number of esters is 1. The van der Waals surface area contributed by atoms with E-state index in [9.17, 15) is 4.79 Å². The summed E-state index contributed by atoms with van der Waals surface area (Å²) in [4.78, 5) is 27.8. The first-order valence-electron chi connectivity index (χ1n) is 17.5. The number of aromatic nitrogens is 4. The quantitative estimate of drug-likeness (QED) is 0.0634. The summed E-state index contributed by atoms with van der Waals surface area (Å²) in [6, 6.07) is 21.3. The minimum absolute atomic E-state index is 0.278. The van der Waals surface area contributed by atoms with Crippen LogP contribution < -0.4 is 19.3 Å². The second-order valence-corrected chi connectivity index (χ2v) is 21.5. The van der Waals surface area contributed by atoms with Crippen LogP contribution in [0.15, 0.2) is 65.7 Å². The van der Waals surface area contributed by atoms with E-state index in [0.29, 0.717) is 41.7 Å². The number of carbonyl (C=O) groups excluding carboxylic acids is 1. The second-order valence-electron chi connectivity index (χ2n) is 13.9. The number of hydrogen-bond acceptors (Lipinski definition) is 12. The zero-order valence-corrected chi connectivity index (χ0v) is 32.9. The molecular weight excluding hydrogens is 699 g/mol. The number of piperidine rings is 1. The third-order valence-corrected chi connectivity index (χ3v) is 12.7. The van der Waals surface area contributed by atoms with Gasteiger partial charge in [0.2, 0.25) is 0 Å². The molecule has 270 valence electrons. The van der Waals surface area contributed by atoms with E-state index in [4.69, 9.17) is 24.2 Å². The predicted octanol–water partition coefficient (Wildman–Crippen LogP) is 8.04. The van der Waals surface area contributed by atoms with Crippen molar-refractivity contribution in [3.05, 3.63) is 76.7 Å². The van der Waals surface area contributed by atoms with Gasteiger partial charge in [-0.2, -0.15) is 4.99 Å². The first-order chi connectivity index (χ1) is 24.6. The summed E-state index contributed by atoms with van der Waals surface area (Å²) in [5, 5.41) is 10.6. The van der Waals surface area contributed by atoms with Crippen LogP contribution in [-0.4, -0.2) is 73.7 Å². The molecule has 1 saturated heterocycles. The van der Waals surface area contributed by atoms with E-state index in [-0.39, 0.29) is 6.61 Å². The van der Waals surface area contributed by atoms with Crippen molar-refractivity contribution in [2.45, 2.75) is 59.1 Å². The Labute approximate surface area is 308 Å². The van der Waals surface area contributed by atoms with Gasteiger partial charge in [-0.3, -0.25) is 4.57 Å². The fourth-order valence-corrected chi connectivity index (χ4v) is 8.57. The third-order valence-electron chi connectivity index (χ3n) is 8.78. The maximum Gasteiger partial charge on any atom is 0.360 e. The lowest BCUT2D eigenvalue weighted by Gasteiger charge is -2.32. The Hall–Kier alpha value is -4.11. The Morgan fingerprint density at radius 3 is 2.51 bits per heavy atom. The topological polar surface area (TPSA) is 107 Å². The van der Waals surface area contributed by atoms with Crippen LogP contribution in [0, 0.1) is 12.8 Å². The molecule has 6 rings (SSSR count). The van der Waals surface area contributed by atoms with Crippen LogP contribution >= 0.6 is 22.7 Å². The lowest BCUT2D eigenvalue weighted by Crippen LogP contribution is -2.36. The van der Waals surface area contributed by atoms with Gasteiger partial charge in [-0.05, 0) is 74.5 Å². The molecule has 1 fully saturated rings. The summed E-state index contributed by atoms with van der Waals surface area (Å²) < 4.78 is 20.8. The van der Waals surface area contributed by atoms with E-state index >= 15 is 0 Å². The Kier molecular flexibility index (Phi) is 11.9. The summed E-state index contributed by atoms with van der Waals surface area (Å²) in [6.07, 6.45) is 1.91. The van der Waals surface area contributed by atoms with Crippen LogP contribution in [0.4, 0.5) is 21.8 Å². The number of aryl methyl sites for hydroxylation is 1. The lowest BCUT2D eigenvalue weighted by atomic mass is 9.98. The molecule has 5 aromatic rings. The molecule has 11 nitrogen and oxygen atoms in total. The number of para-hydroxylation sites is 2. The maximum atomic E-state index is 13.1. The van der Waals surface area contributed by atoms with E-state index in [0.717, 1.165) is 69.9 Å². The number of ether oxygens (including phenoxy) is 3. The van der Waals surface area contributed by atoms with E-state index < -0.39 is 14.0 Å². The molecule has 0 radical (unpaired) electrons. The molecule has 0 N–H and O–H groups in total. The van der Waals surface area contributed by atoms with E-state index in [1.807, 2.05) is 74.3 Å². The van der Waals surface area contributed by atoms with Crippen LogP contribution in [0.2, 0.25) is 25.7 Å². The summed E-state index contributed by atoms with van der Waals surface area (Å²) in [5.41, 5.74) is 2.29. The number of hydrogen-bond donors (Lipinski definition) is 0. The Morgan fingerprint density at radius 2 is 1.78 bits per heavy atom. The second kappa shape index (κ2) is 16.5. The Morgan fingerprint density at radius 1 is 1.04 bits per heavy atom. The highest BCUT2D eigenvalue weighted by Gasteiger charge is 2.29. The minimum Gasteiger partial charge on any atom is -0.493 e. The number of rotatable bonds is 14. The minimum atomic E-state index is -1.20. The van der Waals surface area contributed by atoms with Crippen LogP contribution in [0.25, 0.3) is 10.2 Å². The molecule has 3 aromatic heterocycles. The molecule has 0 amide bonds. The largest absolute Gasteiger partial charge is 0.493 e. The van der Waals surface area contributed by atoms with Crippen molar-refractivity contribution in [3.63, 3.8) is 0 Å². The first-order valence-corrected chi connectivity index (χ1v) is 22.8. The van der Waals surface area contributed by atoms with Gasteiger partial charge < -0.3 is 24.0 Å². The van der Waals surface area contributed by atoms with Crippen LogP contribution in [0.1, 0.15) is 35.8 Å². The van der Waals surface area contributed by atoms with Gasteiger partial charge in [0.1, 0.15) is 17.5 Å². The van der Waals surface area contributed by atoms with Crippen molar-refractivity contribution in [1.82, 2.24) is 19.7 Å². The highest BCUT2D eigenvalue weighted by molar-refractivity contribution is 7.20. The molecule has 51 heavy (non-hydrogen) atoms. The molecule has 1 aliphatic rings. The zero-order chi connectivity index (χ0) is 36.0. The van der Waals surface area contributed by atoms with Gasteiger partial charge in [0.15, 0.2) is 27.3 Å². The van der Waals surface area contributed by atoms with Crippen molar-refractivity contribution in [2.75, 3.05) is 49.8 Å². The standard InChI is InChI=1S/C37H47N7O4S2Si/c1-7-47-35(45)32-34(43-19-17-27(18-20-43)24-48-28-13-9-8-10-14-28)50-36(38-32)42(3)31-23-26(2)33(41-40-31)39-37-44(25-46-21-22-51(4,5)6)29-15-11-12-16-30(29)49-37/h8-16,23,27H,7,17-22,24-25H2,1-6H3/b39-37-. The van der Waals surface area contributed by atoms with Gasteiger partial charge in [0.25, 0.3) is 0 Å². The van der Waals surface area contributed by atoms with Gasteiger partial charge >= 0.3 is 5.97 Å². The van der Waals surface area contributed by atoms with E-state index in [1.165, 1.54) is 11.3 Å². The average molecular weight is 746 g/mol. The predicted molar refractivity (Wildman–Crippen MR) is 209 cm³/mol. The van der Waals surface area contributed by atoms with Gasteiger partial charge in [-0.1, -0.05) is 72.6 Å². The van der Waals surface area contributed by atoms with Gasteiger partial charge in [0.05, 0.1) is 23.4 Å². The molecule has 2 aromatic carbocycles. The molecule has 14 heteroatoms. The summed E-state index contributed by atoms with van der Waals surface area (Å²) >= 11 is 3.07. The number of carbonyl (C=O) groups is 1. The number of fused-ring (bicyclic) bond motifs is 1. The van der Waals surface area contributed by atoms with Crippen LogP contribution in [0.5, 0.6) is 5.75 Å². The highest BCUT2D eigenvalue weighted by Crippen LogP contribution is 2.38. The van der Waals surface area contributed by atoms with Crippen molar-refractivity contribution >= 4 is 68.7 Å². The smallest absolute Gasteiger partial charge is 0.360 e. The molecule has 0 atom stereocenters. The summed E-state index contributed by atoms with van der Waals surface area (Å²) in [6.45, 7) is 14.6. The monoisotopic (exact) mass is 745 g/mol. The van der Waals surface area contributed by atoms with Crippen molar-refractivity contribution in [2.24, 2.45) is 10.9 Å². The molecule has 0 bridgehead atoms. The van der Waals surface area contributed by atoms with E-state index in [1.54, 1.807) is 11.3 Å². The van der Waals surface area contributed by atoms with Gasteiger partial charge in [0, 0.05) is 34.8 Å². The molecule has 0 saturated carbocycles. The van der Waals surface area contributed by atoms with E-state index in [2.05, 4.69) is 51.4 Å². The van der Waals surface area contributed by atoms with Gasteiger partial charge in [-0.25, -0.2) is 9.78 Å². The summed E-state index contributed by atoms with van der Waals surface area (Å²) in [7, 11) is 0.691. The number of nitrogens with zero attached hydrogens (tertiary/aromatic N) is 7. The van der Waals surface area contributed by atoms with Crippen molar-refractivity contribution < 1.29 is 19.0 Å². The highest BCUT2D eigenvalue weighted by atomic mass is 32.1. The van der Waals surface area contributed by atoms with Crippen LogP contribution in [0.3, 0.4) is 0 Å². The Bertz CT molecular complexity index is 2000. The van der Waals surface area contributed by atoms with Gasteiger partial charge in [-0.15, -0.1) is 10.2 Å². The molecular formula is C37H47N7O4S2Si. The fourth-order valence-electron chi connectivity index (χ4n) is 5.72. The summed E-state index contributed by atoms with van der Waals surface area (Å²) in [5.74, 6) is 2.06. The third kappa shape index (κ3) is 9.22.